The second-order valence-corrected chi connectivity index (χ2v) is 4.18. The summed E-state index contributed by atoms with van der Waals surface area (Å²) in [5.74, 6) is -0.118. The van der Waals surface area contributed by atoms with Crippen molar-refractivity contribution in [3.05, 3.63) is 29.8 Å². The zero-order valence-electron chi connectivity index (χ0n) is 8.99. The fourth-order valence-corrected chi connectivity index (χ4v) is 2.04. The van der Waals surface area contributed by atoms with Crippen LogP contribution in [-0.4, -0.2) is 11.0 Å². The molecule has 1 aliphatic rings. The lowest BCUT2D eigenvalue weighted by Gasteiger charge is -2.11. The van der Waals surface area contributed by atoms with E-state index in [0.29, 0.717) is 12.6 Å². The van der Waals surface area contributed by atoms with Crippen LogP contribution >= 0.6 is 0 Å². The van der Waals surface area contributed by atoms with Gasteiger partial charge in [-0.3, -0.25) is 4.98 Å². The van der Waals surface area contributed by atoms with Crippen molar-refractivity contribution < 1.29 is 4.39 Å². The lowest BCUT2D eigenvalue weighted by atomic mass is 10.1. The standard InChI is InChI=1S/C12H14FN3/c13-10-2-4-12(15-7-10)8-16-11-3-1-9(5-11)6-14/h2,4,7,9,11,16H,1,3,5,8H2. The lowest BCUT2D eigenvalue weighted by Crippen LogP contribution is -2.26. The van der Waals surface area contributed by atoms with Crippen LogP contribution in [0.3, 0.4) is 0 Å². The van der Waals surface area contributed by atoms with Gasteiger partial charge in [0.2, 0.25) is 0 Å². The predicted molar refractivity (Wildman–Crippen MR) is 57.8 cm³/mol. The number of halogens is 1. The van der Waals surface area contributed by atoms with E-state index in [1.807, 2.05) is 0 Å². The maximum atomic E-state index is 12.6. The second-order valence-electron chi connectivity index (χ2n) is 4.18. The molecule has 0 aliphatic heterocycles. The van der Waals surface area contributed by atoms with Gasteiger partial charge in [0.15, 0.2) is 0 Å². The van der Waals surface area contributed by atoms with Crippen LogP contribution in [0, 0.1) is 23.1 Å². The van der Waals surface area contributed by atoms with Crippen LogP contribution in [-0.2, 0) is 6.54 Å². The third kappa shape index (κ3) is 2.77. The van der Waals surface area contributed by atoms with Crippen LogP contribution < -0.4 is 5.32 Å². The SMILES string of the molecule is N#CC1CCC(NCc2ccc(F)cn2)C1. The molecule has 3 nitrogen and oxygen atoms in total. The molecular formula is C12H14FN3. The fraction of sp³-hybridized carbons (Fsp3) is 0.500. The Labute approximate surface area is 94.3 Å². The normalized spacial score (nSPS) is 24.2. The third-order valence-corrected chi connectivity index (χ3v) is 2.98. The van der Waals surface area contributed by atoms with Gasteiger partial charge in [-0.05, 0) is 31.4 Å². The fourth-order valence-electron chi connectivity index (χ4n) is 2.04. The molecule has 0 bridgehead atoms. The molecule has 4 heteroatoms. The van der Waals surface area contributed by atoms with Gasteiger partial charge in [0.05, 0.1) is 18.0 Å². The number of nitrogens with one attached hydrogen (secondary N) is 1. The van der Waals surface area contributed by atoms with E-state index in [0.717, 1.165) is 25.0 Å². The Hall–Kier alpha value is -1.47. The van der Waals surface area contributed by atoms with Crippen LogP contribution in [0.1, 0.15) is 25.0 Å². The smallest absolute Gasteiger partial charge is 0.141 e. The molecule has 1 aromatic rings. The number of rotatable bonds is 3. The number of hydrogen-bond acceptors (Lipinski definition) is 3. The van der Waals surface area contributed by atoms with E-state index < -0.39 is 0 Å². The van der Waals surface area contributed by atoms with Crippen molar-refractivity contribution in [1.29, 1.82) is 5.26 Å². The third-order valence-electron chi connectivity index (χ3n) is 2.98. The first-order valence-electron chi connectivity index (χ1n) is 5.51. The van der Waals surface area contributed by atoms with Gasteiger partial charge in [-0.15, -0.1) is 0 Å². The van der Waals surface area contributed by atoms with E-state index in [2.05, 4.69) is 16.4 Å². The highest BCUT2D eigenvalue weighted by Crippen LogP contribution is 2.24. The van der Waals surface area contributed by atoms with E-state index in [4.69, 9.17) is 5.26 Å². The van der Waals surface area contributed by atoms with Gasteiger partial charge in [-0.1, -0.05) is 0 Å². The highest BCUT2D eigenvalue weighted by molar-refractivity contribution is 5.05. The van der Waals surface area contributed by atoms with E-state index >= 15 is 0 Å². The van der Waals surface area contributed by atoms with Crippen LogP contribution in [0.5, 0.6) is 0 Å². The Balaban J connectivity index is 1.80. The molecular weight excluding hydrogens is 205 g/mol. The van der Waals surface area contributed by atoms with E-state index in [-0.39, 0.29) is 11.7 Å². The van der Waals surface area contributed by atoms with Crippen LogP contribution in [0.15, 0.2) is 18.3 Å². The van der Waals surface area contributed by atoms with Gasteiger partial charge in [0, 0.05) is 18.5 Å². The summed E-state index contributed by atoms with van der Waals surface area (Å²) < 4.78 is 12.6. The summed E-state index contributed by atoms with van der Waals surface area (Å²) in [5, 5.41) is 12.1. The molecule has 0 aromatic carbocycles. The van der Waals surface area contributed by atoms with E-state index in [9.17, 15) is 4.39 Å². The highest BCUT2D eigenvalue weighted by Gasteiger charge is 2.23. The summed E-state index contributed by atoms with van der Waals surface area (Å²) in [6.45, 7) is 0.642. The molecule has 84 valence electrons. The van der Waals surface area contributed by atoms with Crippen molar-refractivity contribution in [2.75, 3.05) is 0 Å². The first-order valence-corrected chi connectivity index (χ1v) is 5.51. The van der Waals surface area contributed by atoms with Crippen molar-refractivity contribution in [2.45, 2.75) is 31.8 Å². The summed E-state index contributed by atoms with van der Waals surface area (Å²) >= 11 is 0. The lowest BCUT2D eigenvalue weighted by molar-refractivity contribution is 0.509. The topological polar surface area (TPSA) is 48.7 Å². The average Bonchev–Trinajstić information content (AvgIpc) is 2.76. The zero-order valence-corrected chi connectivity index (χ0v) is 8.99. The Bertz CT molecular complexity index is 382. The van der Waals surface area contributed by atoms with E-state index in [1.165, 1.54) is 12.3 Å². The van der Waals surface area contributed by atoms with Crippen molar-refractivity contribution >= 4 is 0 Å². The van der Waals surface area contributed by atoms with Crippen LogP contribution in [0.25, 0.3) is 0 Å². The number of pyridine rings is 1. The Morgan fingerprint density at radius 3 is 3.00 bits per heavy atom. The van der Waals surface area contributed by atoms with E-state index in [1.54, 1.807) is 6.07 Å². The predicted octanol–water partition coefficient (Wildman–Crippen LogP) is 2.00. The molecule has 1 saturated carbocycles. The summed E-state index contributed by atoms with van der Waals surface area (Å²) in [6, 6.07) is 5.79. The molecule has 2 atom stereocenters. The van der Waals surface area contributed by atoms with Gasteiger partial charge in [-0.2, -0.15) is 5.26 Å². The molecule has 1 fully saturated rings. The molecule has 1 aliphatic carbocycles. The molecule has 1 N–H and O–H groups in total. The van der Waals surface area contributed by atoms with Gasteiger partial charge in [0.25, 0.3) is 0 Å². The number of hydrogen-bond donors (Lipinski definition) is 1. The molecule has 1 aromatic heterocycles. The Kier molecular flexibility index (Phi) is 3.47. The molecule has 2 unspecified atom stereocenters. The first kappa shape index (κ1) is 11.0. The van der Waals surface area contributed by atoms with Gasteiger partial charge >= 0.3 is 0 Å². The Morgan fingerprint density at radius 1 is 1.50 bits per heavy atom. The second kappa shape index (κ2) is 5.04. The minimum atomic E-state index is -0.311. The summed E-state index contributed by atoms with van der Waals surface area (Å²) in [5.41, 5.74) is 0.835. The Morgan fingerprint density at radius 2 is 2.38 bits per heavy atom. The van der Waals surface area contributed by atoms with Gasteiger partial charge in [0.1, 0.15) is 5.82 Å². The number of aromatic nitrogens is 1. The zero-order chi connectivity index (χ0) is 11.4. The molecule has 0 spiro atoms. The van der Waals surface area contributed by atoms with Crippen LogP contribution in [0.4, 0.5) is 4.39 Å². The minimum Gasteiger partial charge on any atom is -0.308 e. The van der Waals surface area contributed by atoms with Crippen molar-refractivity contribution in [1.82, 2.24) is 10.3 Å². The summed E-state index contributed by atoms with van der Waals surface area (Å²) in [6.07, 6.45) is 4.16. The van der Waals surface area contributed by atoms with Gasteiger partial charge < -0.3 is 5.32 Å². The highest BCUT2D eigenvalue weighted by atomic mass is 19.1. The average molecular weight is 219 g/mol. The molecule has 0 radical (unpaired) electrons. The quantitative estimate of drug-likeness (QED) is 0.845. The number of nitrogens with zero attached hydrogens (tertiary/aromatic N) is 2. The minimum absolute atomic E-state index is 0.193. The maximum Gasteiger partial charge on any atom is 0.141 e. The molecule has 2 rings (SSSR count). The molecule has 0 saturated heterocycles. The largest absolute Gasteiger partial charge is 0.308 e. The maximum absolute atomic E-state index is 12.6. The van der Waals surface area contributed by atoms with Crippen molar-refractivity contribution in [2.24, 2.45) is 5.92 Å². The monoisotopic (exact) mass is 219 g/mol. The molecule has 1 heterocycles. The molecule has 0 amide bonds. The number of nitriles is 1. The summed E-state index contributed by atoms with van der Waals surface area (Å²) in [7, 11) is 0. The molecule has 16 heavy (non-hydrogen) atoms. The first-order chi connectivity index (χ1) is 7.78. The summed E-state index contributed by atoms with van der Waals surface area (Å²) in [4.78, 5) is 3.98. The van der Waals surface area contributed by atoms with Gasteiger partial charge in [-0.25, -0.2) is 4.39 Å². The van der Waals surface area contributed by atoms with Crippen LogP contribution in [0.2, 0.25) is 0 Å². The van der Waals surface area contributed by atoms with Crippen molar-refractivity contribution in [3.63, 3.8) is 0 Å². The van der Waals surface area contributed by atoms with Crippen molar-refractivity contribution in [3.8, 4) is 6.07 Å².